The van der Waals surface area contributed by atoms with Gasteiger partial charge in [-0.05, 0) is 46.8 Å². The predicted molar refractivity (Wildman–Crippen MR) is 112 cm³/mol. The number of hydrogen-bond donors (Lipinski definition) is 2. The Bertz CT molecular complexity index is 999. The monoisotopic (exact) mass is 359 g/mol. The van der Waals surface area contributed by atoms with Crippen LogP contribution in [-0.2, 0) is 0 Å². The Morgan fingerprint density at radius 2 is 1.85 bits per heavy atom. The first kappa shape index (κ1) is 16.5. The van der Waals surface area contributed by atoms with Gasteiger partial charge in [0.05, 0.1) is 17.1 Å². The molecule has 1 aliphatic rings. The van der Waals surface area contributed by atoms with E-state index in [4.69, 9.17) is 5.73 Å². The molecule has 26 heavy (non-hydrogen) atoms. The Kier molecular flexibility index (Phi) is 4.51. The van der Waals surface area contributed by atoms with Crippen LogP contribution in [0.1, 0.15) is 10.4 Å². The number of benzene rings is 3. The van der Waals surface area contributed by atoms with Gasteiger partial charge in [0.2, 0.25) is 0 Å². The first-order valence-corrected chi connectivity index (χ1v) is 9.58. The molecule has 1 atom stereocenters. The number of amides is 1. The van der Waals surface area contributed by atoms with Crippen LogP contribution in [0.4, 0.5) is 17.1 Å². The van der Waals surface area contributed by atoms with Crippen LogP contribution in [-0.4, -0.2) is 18.3 Å². The average Bonchev–Trinajstić information content (AvgIpc) is 2.70. The van der Waals surface area contributed by atoms with Crippen molar-refractivity contribution >= 4 is 43.1 Å². The second kappa shape index (κ2) is 7.11. The summed E-state index contributed by atoms with van der Waals surface area (Å²) in [6.45, 7) is 0. The van der Waals surface area contributed by atoms with Crippen LogP contribution >= 0.6 is 8.58 Å². The minimum atomic E-state index is -0.163. The van der Waals surface area contributed by atoms with Crippen LogP contribution in [0.15, 0.2) is 71.7 Å². The topological polar surface area (TPSA) is 67.5 Å². The molecular formula is C21H18N3OP. The van der Waals surface area contributed by atoms with E-state index in [1.807, 2.05) is 66.9 Å². The zero-order chi connectivity index (χ0) is 17.9. The largest absolute Gasteiger partial charge is 0.397 e. The molecule has 0 saturated heterocycles. The fourth-order valence-corrected chi connectivity index (χ4v) is 3.89. The molecule has 4 nitrogen and oxygen atoms in total. The summed E-state index contributed by atoms with van der Waals surface area (Å²) >= 11 is 0. The number of nitrogen functional groups attached to an aromatic ring is 1. The molecule has 1 heterocycles. The lowest BCUT2D eigenvalue weighted by molar-refractivity contribution is 0.102. The summed E-state index contributed by atoms with van der Waals surface area (Å²) in [5.41, 5.74) is 10.9. The molecule has 3 aromatic carbocycles. The molecule has 0 saturated carbocycles. The number of nitrogens with one attached hydrogen (secondary N) is 1. The molecule has 3 aromatic rings. The number of carbonyl (C=O) groups is 1. The Morgan fingerprint density at radius 3 is 2.69 bits per heavy atom. The Morgan fingerprint density at radius 1 is 1.00 bits per heavy atom. The SMILES string of the molecule is Nc1ccc(-c2ccccc2)cc1NC(=O)c1ccc2c(c1)PCC=N2. The summed E-state index contributed by atoms with van der Waals surface area (Å²) in [4.78, 5) is 17.1. The third kappa shape index (κ3) is 3.37. The van der Waals surface area contributed by atoms with Gasteiger partial charge in [-0.15, -0.1) is 0 Å². The lowest BCUT2D eigenvalue weighted by atomic mass is 10.0. The Labute approximate surface area is 153 Å². The van der Waals surface area contributed by atoms with Crippen LogP contribution in [0.3, 0.4) is 0 Å². The van der Waals surface area contributed by atoms with Gasteiger partial charge in [0.1, 0.15) is 0 Å². The zero-order valence-corrected chi connectivity index (χ0v) is 15.1. The number of carbonyl (C=O) groups excluding carboxylic acids is 1. The average molecular weight is 359 g/mol. The molecule has 1 amide bonds. The molecule has 0 aliphatic carbocycles. The number of rotatable bonds is 3. The molecule has 1 aliphatic heterocycles. The van der Waals surface area contributed by atoms with E-state index in [1.165, 1.54) is 0 Å². The van der Waals surface area contributed by atoms with E-state index in [1.54, 1.807) is 6.07 Å². The molecule has 0 radical (unpaired) electrons. The molecule has 1 unspecified atom stereocenters. The minimum Gasteiger partial charge on any atom is -0.397 e. The highest BCUT2D eigenvalue weighted by atomic mass is 31.1. The number of nitrogens with two attached hydrogens (primary N) is 1. The fraction of sp³-hybridized carbons (Fsp3) is 0.0476. The maximum absolute atomic E-state index is 12.7. The highest BCUT2D eigenvalue weighted by molar-refractivity contribution is 7.48. The highest BCUT2D eigenvalue weighted by Gasteiger charge is 2.13. The van der Waals surface area contributed by atoms with Gasteiger partial charge in [0.15, 0.2) is 0 Å². The van der Waals surface area contributed by atoms with E-state index in [0.717, 1.165) is 28.3 Å². The molecule has 128 valence electrons. The van der Waals surface area contributed by atoms with Crippen LogP contribution in [0.25, 0.3) is 11.1 Å². The van der Waals surface area contributed by atoms with Crippen molar-refractivity contribution in [1.82, 2.24) is 0 Å². The van der Waals surface area contributed by atoms with Crippen molar-refractivity contribution in [3.63, 3.8) is 0 Å². The van der Waals surface area contributed by atoms with Crippen molar-refractivity contribution in [1.29, 1.82) is 0 Å². The number of anilines is 2. The molecule has 3 N–H and O–H groups in total. The summed E-state index contributed by atoms with van der Waals surface area (Å²) in [5, 5.41) is 4.07. The smallest absolute Gasteiger partial charge is 0.255 e. The van der Waals surface area contributed by atoms with Gasteiger partial charge in [0, 0.05) is 17.9 Å². The first-order chi connectivity index (χ1) is 12.7. The summed E-state index contributed by atoms with van der Waals surface area (Å²) < 4.78 is 0. The highest BCUT2D eigenvalue weighted by Crippen LogP contribution is 2.28. The maximum atomic E-state index is 12.7. The molecule has 0 fully saturated rings. The Hall–Kier alpha value is -2.97. The van der Waals surface area contributed by atoms with Gasteiger partial charge in [0.25, 0.3) is 5.91 Å². The van der Waals surface area contributed by atoms with Crippen molar-refractivity contribution in [2.75, 3.05) is 17.2 Å². The minimum absolute atomic E-state index is 0.163. The number of fused-ring (bicyclic) bond motifs is 1. The van der Waals surface area contributed by atoms with E-state index in [0.29, 0.717) is 25.5 Å². The second-order valence-corrected chi connectivity index (χ2v) is 7.35. The number of aliphatic imine (C=N–C) groups is 1. The normalized spacial score (nSPS) is 13.4. The van der Waals surface area contributed by atoms with E-state index in [-0.39, 0.29) is 5.91 Å². The van der Waals surface area contributed by atoms with E-state index in [9.17, 15) is 4.79 Å². The maximum Gasteiger partial charge on any atom is 0.255 e. The van der Waals surface area contributed by atoms with E-state index in [2.05, 4.69) is 10.3 Å². The zero-order valence-electron chi connectivity index (χ0n) is 14.1. The third-order valence-corrected chi connectivity index (χ3v) is 5.45. The van der Waals surface area contributed by atoms with Crippen LogP contribution in [0.2, 0.25) is 0 Å². The van der Waals surface area contributed by atoms with Crippen LogP contribution in [0, 0.1) is 0 Å². The number of hydrogen-bond acceptors (Lipinski definition) is 3. The summed E-state index contributed by atoms with van der Waals surface area (Å²) in [6, 6.07) is 21.3. The molecular weight excluding hydrogens is 341 g/mol. The standard InChI is InChI=1S/C21H18N3OP/c22-17-8-6-15(14-4-2-1-3-5-14)12-19(17)24-21(25)16-7-9-18-20(13-16)26-11-10-23-18/h1-10,12-13,26H,11,22H2,(H,24,25). The molecule has 5 heteroatoms. The van der Waals surface area contributed by atoms with Crippen molar-refractivity contribution in [3.8, 4) is 11.1 Å². The van der Waals surface area contributed by atoms with Crippen LogP contribution in [0.5, 0.6) is 0 Å². The van der Waals surface area contributed by atoms with Crippen LogP contribution < -0.4 is 16.4 Å². The third-order valence-electron chi connectivity index (χ3n) is 4.28. The quantitative estimate of drug-likeness (QED) is 0.543. The predicted octanol–water partition coefficient (Wildman–Crippen LogP) is 4.21. The molecule has 4 rings (SSSR count). The van der Waals surface area contributed by atoms with Crippen molar-refractivity contribution in [2.45, 2.75) is 0 Å². The summed E-state index contributed by atoms with van der Waals surface area (Å²) in [5.74, 6) is -0.163. The van der Waals surface area contributed by atoms with Crippen molar-refractivity contribution in [3.05, 3.63) is 72.3 Å². The van der Waals surface area contributed by atoms with Crippen molar-refractivity contribution < 1.29 is 4.79 Å². The van der Waals surface area contributed by atoms with Gasteiger partial charge in [-0.2, -0.15) is 0 Å². The molecule has 0 bridgehead atoms. The van der Waals surface area contributed by atoms with Gasteiger partial charge < -0.3 is 11.1 Å². The molecule has 0 aromatic heterocycles. The van der Waals surface area contributed by atoms with E-state index < -0.39 is 0 Å². The van der Waals surface area contributed by atoms with Gasteiger partial charge >= 0.3 is 0 Å². The van der Waals surface area contributed by atoms with Gasteiger partial charge in [-0.1, -0.05) is 45.0 Å². The second-order valence-electron chi connectivity index (χ2n) is 6.05. The lowest BCUT2D eigenvalue weighted by Gasteiger charge is -2.13. The Balaban J connectivity index is 1.61. The fourth-order valence-electron chi connectivity index (χ4n) is 2.90. The lowest BCUT2D eigenvalue weighted by Crippen LogP contribution is -2.15. The first-order valence-electron chi connectivity index (χ1n) is 8.37. The molecule has 0 spiro atoms. The van der Waals surface area contributed by atoms with E-state index >= 15 is 0 Å². The summed E-state index contributed by atoms with van der Waals surface area (Å²) in [6.07, 6.45) is 2.86. The van der Waals surface area contributed by atoms with Gasteiger partial charge in [-0.3, -0.25) is 9.79 Å². The van der Waals surface area contributed by atoms with Gasteiger partial charge in [-0.25, -0.2) is 0 Å². The summed E-state index contributed by atoms with van der Waals surface area (Å²) in [7, 11) is 0.653. The van der Waals surface area contributed by atoms with Crippen molar-refractivity contribution in [2.24, 2.45) is 4.99 Å². The number of nitrogens with zero attached hydrogens (tertiary/aromatic N) is 1.